The van der Waals surface area contributed by atoms with Gasteiger partial charge in [0.1, 0.15) is 11.9 Å². The van der Waals surface area contributed by atoms with Crippen molar-refractivity contribution < 1.29 is 19.1 Å². The molecule has 1 aromatic carbocycles. The van der Waals surface area contributed by atoms with Crippen molar-refractivity contribution in [2.75, 3.05) is 11.5 Å². The van der Waals surface area contributed by atoms with Crippen LogP contribution in [-0.4, -0.2) is 39.1 Å². The van der Waals surface area contributed by atoms with E-state index in [1.54, 1.807) is 6.92 Å². The normalized spacial score (nSPS) is 22.5. The Morgan fingerprint density at radius 3 is 2.79 bits per heavy atom. The number of halogens is 1. The zero-order chi connectivity index (χ0) is 14.2. The number of aliphatic carboxylic acids is 1. The predicted octanol–water partition coefficient (Wildman–Crippen LogP) is 1.40. The zero-order valence-electron chi connectivity index (χ0n) is 10.2. The summed E-state index contributed by atoms with van der Waals surface area (Å²) in [5.74, 6) is -1.90. The number of hydrogen-bond donors (Lipinski definition) is 2. The molecule has 1 saturated heterocycles. The molecule has 2 unspecified atom stereocenters. The quantitative estimate of drug-likeness (QED) is 0.802. The van der Waals surface area contributed by atoms with Crippen molar-refractivity contribution in [2.24, 2.45) is 0 Å². The van der Waals surface area contributed by atoms with Crippen LogP contribution in [0, 0.1) is 5.82 Å². The Morgan fingerprint density at radius 2 is 2.21 bits per heavy atom. The van der Waals surface area contributed by atoms with Gasteiger partial charge in [-0.05, 0) is 25.1 Å². The van der Waals surface area contributed by atoms with E-state index in [-0.39, 0.29) is 16.6 Å². The second-order valence-electron chi connectivity index (χ2n) is 4.24. The summed E-state index contributed by atoms with van der Waals surface area (Å²) in [7, 11) is 0. The second kappa shape index (κ2) is 5.08. The summed E-state index contributed by atoms with van der Waals surface area (Å²) < 4.78 is 13.4. The molecule has 0 aliphatic carbocycles. The van der Waals surface area contributed by atoms with E-state index in [0.717, 1.165) is 6.07 Å². The molecule has 7 heteroatoms. The van der Waals surface area contributed by atoms with Crippen molar-refractivity contribution in [2.45, 2.75) is 18.3 Å². The highest BCUT2D eigenvalue weighted by atomic mass is 32.2. The average Bonchev–Trinajstić information content (AvgIpc) is 2.74. The minimum absolute atomic E-state index is 0.0461. The molecule has 1 aliphatic rings. The van der Waals surface area contributed by atoms with Crippen molar-refractivity contribution >= 4 is 29.3 Å². The number of carboxylic acid groups (broad SMARTS) is 1. The first-order valence-electron chi connectivity index (χ1n) is 5.64. The summed E-state index contributed by atoms with van der Waals surface area (Å²) in [6, 6.07) is 2.85. The molecule has 1 amide bonds. The first kappa shape index (κ1) is 13.7. The minimum Gasteiger partial charge on any atom is -0.480 e. The van der Waals surface area contributed by atoms with E-state index in [1.807, 2.05) is 0 Å². The molecule has 3 N–H and O–H groups in total. The number of nitrogens with zero attached hydrogens (tertiary/aromatic N) is 1. The Kier molecular flexibility index (Phi) is 3.66. The molecule has 102 valence electrons. The standard InChI is InChI=1S/C12H13FN2O3S/c1-6-15(10(5-19-6)12(17)18)11(16)7-2-3-9(14)8(13)4-7/h2-4,6,10H,5,14H2,1H3,(H,17,18). The lowest BCUT2D eigenvalue weighted by atomic mass is 10.1. The Hall–Kier alpha value is -1.76. The molecule has 1 heterocycles. The molecule has 1 fully saturated rings. The number of thioether (sulfide) groups is 1. The molecular formula is C12H13FN2O3S. The Balaban J connectivity index is 2.31. The SMILES string of the molecule is CC1SCC(C(=O)O)N1C(=O)c1ccc(N)c(F)c1. The highest BCUT2D eigenvalue weighted by Crippen LogP contribution is 2.30. The third-order valence-corrected chi connectivity index (χ3v) is 4.21. The van der Waals surface area contributed by atoms with Gasteiger partial charge >= 0.3 is 5.97 Å². The number of anilines is 1. The Bertz CT molecular complexity index is 538. The van der Waals surface area contributed by atoms with Gasteiger partial charge in [0.25, 0.3) is 5.91 Å². The van der Waals surface area contributed by atoms with Crippen LogP contribution in [0.15, 0.2) is 18.2 Å². The summed E-state index contributed by atoms with van der Waals surface area (Å²) in [6.07, 6.45) is 0. The van der Waals surface area contributed by atoms with Gasteiger partial charge in [-0.2, -0.15) is 0 Å². The molecule has 0 spiro atoms. The van der Waals surface area contributed by atoms with Crippen molar-refractivity contribution in [3.8, 4) is 0 Å². The number of rotatable bonds is 2. The van der Waals surface area contributed by atoms with Gasteiger partial charge in [0.2, 0.25) is 0 Å². The van der Waals surface area contributed by atoms with E-state index < -0.39 is 23.7 Å². The number of amides is 1. The van der Waals surface area contributed by atoms with Crippen LogP contribution in [0.3, 0.4) is 0 Å². The van der Waals surface area contributed by atoms with Crippen LogP contribution < -0.4 is 5.73 Å². The number of carbonyl (C=O) groups excluding carboxylic acids is 1. The van der Waals surface area contributed by atoms with Crippen LogP contribution in [0.25, 0.3) is 0 Å². The Morgan fingerprint density at radius 1 is 1.53 bits per heavy atom. The average molecular weight is 284 g/mol. The summed E-state index contributed by atoms with van der Waals surface area (Å²) in [4.78, 5) is 24.7. The van der Waals surface area contributed by atoms with Crippen LogP contribution in [-0.2, 0) is 4.79 Å². The van der Waals surface area contributed by atoms with Gasteiger partial charge in [0.15, 0.2) is 0 Å². The maximum Gasteiger partial charge on any atom is 0.327 e. The lowest BCUT2D eigenvalue weighted by Crippen LogP contribution is -2.44. The minimum atomic E-state index is -1.05. The maximum absolute atomic E-state index is 13.4. The molecule has 0 aromatic heterocycles. The predicted molar refractivity (Wildman–Crippen MR) is 70.3 cm³/mol. The monoisotopic (exact) mass is 284 g/mol. The Labute approximate surface area is 113 Å². The molecule has 1 aromatic rings. The van der Waals surface area contributed by atoms with Crippen molar-refractivity contribution in [1.29, 1.82) is 0 Å². The fraction of sp³-hybridized carbons (Fsp3) is 0.333. The van der Waals surface area contributed by atoms with Gasteiger partial charge in [-0.3, -0.25) is 4.79 Å². The zero-order valence-corrected chi connectivity index (χ0v) is 11.0. The van der Waals surface area contributed by atoms with E-state index in [1.165, 1.54) is 28.8 Å². The number of hydrogen-bond acceptors (Lipinski definition) is 4. The molecule has 0 saturated carbocycles. The molecule has 2 atom stereocenters. The summed E-state index contributed by atoms with van der Waals surface area (Å²) in [5, 5.41) is 8.84. The van der Waals surface area contributed by atoms with Crippen molar-refractivity contribution in [3.05, 3.63) is 29.6 Å². The first-order valence-corrected chi connectivity index (χ1v) is 6.68. The largest absolute Gasteiger partial charge is 0.480 e. The topological polar surface area (TPSA) is 83.6 Å². The molecular weight excluding hydrogens is 271 g/mol. The number of nitrogens with two attached hydrogens (primary N) is 1. The number of nitrogen functional groups attached to an aromatic ring is 1. The van der Waals surface area contributed by atoms with Crippen molar-refractivity contribution in [1.82, 2.24) is 4.90 Å². The van der Waals surface area contributed by atoms with Gasteiger partial charge < -0.3 is 15.7 Å². The number of carbonyl (C=O) groups is 2. The second-order valence-corrected chi connectivity index (χ2v) is 5.58. The van der Waals surface area contributed by atoms with E-state index >= 15 is 0 Å². The van der Waals surface area contributed by atoms with E-state index in [0.29, 0.717) is 5.75 Å². The molecule has 1 aliphatic heterocycles. The smallest absolute Gasteiger partial charge is 0.327 e. The van der Waals surface area contributed by atoms with Gasteiger partial charge in [-0.25, -0.2) is 9.18 Å². The number of benzene rings is 1. The first-order chi connectivity index (χ1) is 8.91. The highest BCUT2D eigenvalue weighted by Gasteiger charge is 2.39. The van der Waals surface area contributed by atoms with E-state index in [4.69, 9.17) is 10.8 Å². The van der Waals surface area contributed by atoms with Gasteiger partial charge in [0.05, 0.1) is 11.1 Å². The lowest BCUT2D eigenvalue weighted by Gasteiger charge is -2.25. The molecule has 0 bridgehead atoms. The maximum atomic E-state index is 13.4. The number of carboxylic acids is 1. The van der Waals surface area contributed by atoms with Crippen LogP contribution in [0.1, 0.15) is 17.3 Å². The van der Waals surface area contributed by atoms with E-state index in [9.17, 15) is 14.0 Å². The van der Waals surface area contributed by atoms with Crippen LogP contribution in [0.2, 0.25) is 0 Å². The molecule has 0 radical (unpaired) electrons. The van der Waals surface area contributed by atoms with Gasteiger partial charge in [-0.15, -0.1) is 11.8 Å². The van der Waals surface area contributed by atoms with Crippen LogP contribution in [0.4, 0.5) is 10.1 Å². The summed E-state index contributed by atoms with van der Waals surface area (Å²) in [6.45, 7) is 1.75. The third kappa shape index (κ3) is 2.51. The highest BCUT2D eigenvalue weighted by molar-refractivity contribution is 8.00. The van der Waals surface area contributed by atoms with E-state index in [2.05, 4.69) is 0 Å². The fourth-order valence-electron chi connectivity index (χ4n) is 1.95. The molecule has 2 rings (SSSR count). The summed E-state index contributed by atoms with van der Waals surface area (Å²) in [5.41, 5.74) is 5.40. The van der Waals surface area contributed by atoms with Gasteiger partial charge in [-0.1, -0.05) is 0 Å². The van der Waals surface area contributed by atoms with Gasteiger partial charge in [0, 0.05) is 11.3 Å². The third-order valence-electron chi connectivity index (χ3n) is 2.99. The lowest BCUT2D eigenvalue weighted by molar-refractivity contribution is -0.141. The molecule has 19 heavy (non-hydrogen) atoms. The van der Waals surface area contributed by atoms with Crippen LogP contribution >= 0.6 is 11.8 Å². The van der Waals surface area contributed by atoms with Crippen LogP contribution in [0.5, 0.6) is 0 Å². The fourth-order valence-corrected chi connectivity index (χ4v) is 3.12. The van der Waals surface area contributed by atoms with Crippen molar-refractivity contribution in [3.63, 3.8) is 0 Å². The molecule has 5 nitrogen and oxygen atoms in total. The summed E-state index contributed by atoms with van der Waals surface area (Å²) >= 11 is 1.38.